The summed E-state index contributed by atoms with van der Waals surface area (Å²) in [5.74, 6) is 0.0642. The van der Waals surface area contributed by atoms with Crippen molar-refractivity contribution in [1.82, 2.24) is 4.98 Å². The van der Waals surface area contributed by atoms with Gasteiger partial charge in [0.15, 0.2) is 0 Å². The monoisotopic (exact) mass is 301 g/mol. The summed E-state index contributed by atoms with van der Waals surface area (Å²) in [5, 5.41) is 22.0. The molecule has 1 heterocycles. The summed E-state index contributed by atoms with van der Waals surface area (Å²) in [6.07, 6.45) is 2.45. The van der Waals surface area contributed by atoms with E-state index in [1.165, 1.54) is 0 Å². The Balaban J connectivity index is 1.94. The minimum Gasteiger partial charge on any atom is -0.396 e. The van der Waals surface area contributed by atoms with Gasteiger partial charge in [-0.2, -0.15) is 5.26 Å². The predicted octanol–water partition coefficient (Wildman–Crippen LogP) is 2.87. The molecule has 4 nitrogen and oxygen atoms in total. The van der Waals surface area contributed by atoms with Crippen LogP contribution in [0, 0.1) is 17.2 Å². The van der Waals surface area contributed by atoms with Crippen LogP contribution in [0.4, 0.5) is 5.69 Å². The van der Waals surface area contributed by atoms with E-state index in [-0.39, 0.29) is 12.5 Å². The Morgan fingerprint density at radius 1 is 1.33 bits per heavy atom. The van der Waals surface area contributed by atoms with Crippen LogP contribution in [0.2, 0.25) is 5.02 Å². The molecule has 0 saturated heterocycles. The maximum atomic E-state index is 9.47. The average Bonchev–Trinajstić information content (AvgIpc) is 2.52. The van der Waals surface area contributed by atoms with E-state index in [1.807, 2.05) is 24.3 Å². The summed E-state index contributed by atoms with van der Waals surface area (Å²) in [4.78, 5) is 4.26. The lowest BCUT2D eigenvalue weighted by Crippen LogP contribution is -2.20. The molecular formula is C16H16ClN3O. The van der Waals surface area contributed by atoms with Gasteiger partial charge >= 0.3 is 0 Å². The highest BCUT2D eigenvalue weighted by Crippen LogP contribution is 2.20. The predicted molar refractivity (Wildman–Crippen MR) is 83.2 cm³/mol. The first kappa shape index (κ1) is 15.3. The van der Waals surface area contributed by atoms with Gasteiger partial charge in [-0.1, -0.05) is 17.7 Å². The second-order valence-corrected chi connectivity index (χ2v) is 5.17. The zero-order valence-corrected chi connectivity index (χ0v) is 12.2. The fraction of sp³-hybridized carbons (Fsp3) is 0.250. The van der Waals surface area contributed by atoms with Gasteiger partial charge in [0.2, 0.25) is 0 Å². The number of aliphatic hydroxyl groups is 1. The van der Waals surface area contributed by atoms with Crippen molar-refractivity contribution in [2.24, 2.45) is 5.92 Å². The SMILES string of the molecule is N#Cc1ccc(NC[C@@H](CO)Cc2ccccn2)cc1Cl. The lowest BCUT2D eigenvalue weighted by molar-refractivity contribution is 0.232. The van der Waals surface area contributed by atoms with Crippen molar-refractivity contribution < 1.29 is 5.11 Å². The fourth-order valence-electron chi connectivity index (χ4n) is 1.99. The molecular weight excluding hydrogens is 286 g/mol. The summed E-state index contributed by atoms with van der Waals surface area (Å²) in [6.45, 7) is 0.683. The Bertz CT molecular complexity index is 625. The molecule has 0 spiro atoms. The Morgan fingerprint density at radius 3 is 2.81 bits per heavy atom. The van der Waals surface area contributed by atoms with E-state index in [0.717, 1.165) is 11.4 Å². The van der Waals surface area contributed by atoms with Gasteiger partial charge in [0.25, 0.3) is 0 Å². The third-order valence-electron chi connectivity index (χ3n) is 3.17. The van der Waals surface area contributed by atoms with Gasteiger partial charge in [-0.25, -0.2) is 0 Å². The Kier molecular flexibility index (Phi) is 5.56. The Labute approximate surface area is 129 Å². The number of hydrogen-bond acceptors (Lipinski definition) is 4. The average molecular weight is 302 g/mol. The normalized spacial score (nSPS) is 11.7. The third kappa shape index (κ3) is 4.45. The molecule has 21 heavy (non-hydrogen) atoms. The molecule has 2 N–H and O–H groups in total. The van der Waals surface area contributed by atoms with E-state index in [4.69, 9.17) is 16.9 Å². The summed E-state index contributed by atoms with van der Waals surface area (Å²) < 4.78 is 0. The summed E-state index contributed by atoms with van der Waals surface area (Å²) in [6, 6.07) is 13.0. The zero-order chi connectivity index (χ0) is 15.1. The zero-order valence-electron chi connectivity index (χ0n) is 11.5. The number of halogens is 1. The van der Waals surface area contributed by atoms with Gasteiger partial charge in [-0.3, -0.25) is 4.98 Å². The molecule has 2 rings (SSSR count). The van der Waals surface area contributed by atoms with Gasteiger partial charge in [0, 0.05) is 36.6 Å². The summed E-state index contributed by atoms with van der Waals surface area (Å²) >= 11 is 5.99. The topological polar surface area (TPSA) is 68.9 Å². The van der Waals surface area contributed by atoms with E-state index < -0.39 is 0 Å². The first-order valence-corrected chi connectivity index (χ1v) is 7.05. The molecule has 0 aliphatic carbocycles. The molecule has 1 atom stereocenters. The number of benzene rings is 1. The molecule has 1 aromatic heterocycles. The minimum absolute atomic E-state index is 0.0642. The second kappa shape index (κ2) is 7.63. The summed E-state index contributed by atoms with van der Waals surface area (Å²) in [5.41, 5.74) is 2.24. The van der Waals surface area contributed by atoms with Crippen molar-refractivity contribution in [3.63, 3.8) is 0 Å². The van der Waals surface area contributed by atoms with E-state index in [9.17, 15) is 5.11 Å². The molecule has 0 bridgehead atoms. The van der Waals surface area contributed by atoms with Crippen LogP contribution in [0.1, 0.15) is 11.3 Å². The van der Waals surface area contributed by atoms with Gasteiger partial charge in [-0.15, -0.1) is 0 Å². The van der Waals surface area contributed by atoms with Crippen LogP contribution in [-0.4, -0.2) is 23.2 Å². The molecule has 2 aromatic rings. The number of nitriles is 1. The molecule has 5 heteroatoms. The highest BCUT2D eigenvalue weighted by molar-refractivity contribution is 6.32. The van der Waals surface area contributed by atoms with Crippen molar-refractivity contribution in [3.8, 4) is 6.07 Å². The van der Waals surface area contributed by atoms with Gasteiger partial charge in [0.1, 0.15) is 6.07 Å². The molecule has 0 aliphatic heterocycles. The van der Waals surface area contributed by atoms with Crippen LogP contribution >= 0.6 is 11.6 Å². The van der Waals surface area contributed by atoms with Gasteiger partial charge in [-0.05, 0) is 36.8 Å². The number of pyridine rings is 1. The van der Waals surface area contributed by atoms with Crippen molar-refractivity contribution in [2.45, 2.75) is 6.42 Å². The smallest absolute Gasteiger partial charge is 0.101 e. The molecule has 108 valence electrons. The van der Waals surface area contributed by atoms with Crippen LogP contribution < -0.4 is 5.32 Å². The van der Waals surface area contributed by atoms with Gasteiger partial charge < -0.3 is 10.4 Å². The number of nitrogens with one attached hydrogen (secondary N) is 1. The number of anilines is 1. The number of nitrogens with zero attached hydrogens (tertiary/aromatic N) is 2. The number of aliphatic hydroxyl groups excluding tert-OH is 1. The second-order valence-electron chi connectivity index (χ2n) is 4.76. The minimum atomic E-state index is 0.0642. The van der Waals surface area contributed by atoms with Gasteiger partial charge in [0.05, 0.1) is 10.6 Å². The van der Waals surface area contributed by atoms with Crippen molar-refractivity contribution in [3.05, 3.63) is 58.9 Å². The number of hydrogen-bond donors (Lipinski definition) is 2. The van der Waals surface area contributed by atoms with Crippen LogP contribution in [0.5, 0.6) is 0 Å². The van der Waals surface area contributed by atoms with Crippen LogP contribution in [-0.2, 0) is 6.42 Å². The van der Waals surface area contributed by atoms with Crippen LogP contribution in [0.15, 0.2) is 42.6 Å². The van der Waals surface area contributed by atoms with E-state index in [0.29, 0.717) is 23.6 Å². The first-order chi connectivity index (χ1) is 10.2. The largest absolute Gasteiger partial charge is 0.396 e. The standard InChI is InChI=1S/C16H16ClN3O/c17-16-8-15(5-4-13(16)9-18)20-10-12(11-21)7-14-3-1-2-6-19-14/h1-6,8,12,20-21H,7,10-11H2/t12-/m0/s1. The quantitative estimate of drug-likeness (QED) is 0.861. The van der Waals surface area contributed by atoms with E-state index in [1.54, 1.807) is 24.4 Å². The van der Waals surface area contributed by atoms with Crippen molar-refractivity contribution >= 4 is 17.3 Å². The third-order valence-corrected chi connectivity index (χ3v) is 3.48. The molecule has 0 amide bonds. The van der Waals surface area contributed by atoms with Crippen LogP contribution in [0.25, 0.3) is 0 Å². The van der Waals surface area contributed by atoms with E-state index in [2.05, 4.69) is 10.3 Å². The number of rotatable bonds is 6. The lowest BCUT2D eigenvalue weighted by Gasteiger charge is -2.15. The van der Waals surface area contributed by atoms with Crippen molar-refractivity contribution in [1.29, 1.82) is 5.26 Å². The highest BCUT2D eigenvalue weighted by Gasteiger charge is 2.10. The maximum absolute atomic E-state index is 9.47. The molecule has 0 radical (unpaired) electrons. The van der Waals surface area contributed by atoms with Crippen LogP contribution in [0.3, 0.4) is 0 Å². The molecule has 0 fully saturated rings. The molecule has 0 aliphatic rings. The molecule has 0 unspecified atom stereocenters. The Morgan fingerprint density at radius 2 is 2.19 bits per heavy atom. The highest BCUT2D eigenvalue weighted by atomic mass is 35.5. The number of aromatic nitrogens is 1. The molecule has 0 saturated carbocycles. The van der Waals surface area contributed by atoms with Crippen molar-refractivity contribution in [2.75, 3.05) is 18.5 Å². The van der Waals surface area contributed by atoms with E-state index >= 15 is 0 Å². The lowest BCUT2D eigenvalue weighted by atomic mass is 10.0. The first-order valence-electron chi connectivity index (χ1n) is 6.67. The maximum Gasteiger partial charge on any atom is 0.101 e. The summed E-state index contributed by atoms with van der Waals surface area (Å²) in [7, 11) is 0. The molecule has 1 aromatic carbocycles. The fourth-order valence-corrected chi connectivity index (χ4v) is 2.22. The Hall–Kier alpha value is -2.09.